The highest BCUT2D eigenvalue weighted by atomic mass is 16.6. The molecule has 0 radical (unpaired) electrons. The molecule has 0 saturated carbocycles. The van der Waals surface area contributed by atoms with Crippen molar-refractivity contribution in [3.8, 4) is 5.75 Å². The maximum absolute atomic E-state index is 14.1. The van der Waals surface area contributed by atoms with Gasteiger partial charge in [-0.2, -0.15) is 0 Å². The van der Waals surface area contributed by atoms with Gasteiger partial charge in [-0.1, -0.05) is 50.8 Å². The zero-order chi connectivity index (χ0) is 30.0. The molecule has 1 aromatic carbocycles. The van der Waals surface area contributed by atoms with Crippen molar-refractivity contribution in [1.82, 2.24) is 15.5 Å². The van der Waals surface area contributed by atoms with Crippen molar-refractivity contribution < 1.29 is 29.0 Å². The van der Waals surface area contributed by atoms with Gasteiger partial charge in [0, 0.05) is 17.6 Å². The summed E-state index contributed by atoms with van der Waals surface area (Å²) in [4.78, 5) is 53.7. The molecule has 4 amide bonds. The third-order valence-corrected chi connectivity index (χ3v) is 5.80. The molecule has 220 valence electrons. The first-order valence-electron chi connectivity index (χ1n) is 13.7. The van der Waals surface area contributed by atoms with Crippen LogP contribution in [0.15, 0.2) is 18.2 Å². The minimum absolute atomic E-state index is 0.109. The topological polar surface area (TPSA) is 151 Å². The number of phenols is 1. The fraction of sp³-hybridized carbons (Fsp3) is 0.655. The van der Waals surface area contributed by atoms with Crippen molar-refractivity contribution in [1.29, 1.82) is 0 Å². The Bertz CT molecular complexity index is 996. The van der Waals surface area contributed by atoms with E-state index in [0.717, 1.165) is 25.7 Å². The number of aromatic hydroxyl groups is 1. The number of nitrogens with zero attached hydrogens (tertiary/aromatic N) is 1. The van der Waals surface area contributed by atoms with Gasteiger partial charge in [0.15, 0.2) is 0 Å². The molecular formula is C29H48N4O6. The molecule has 0 saturated heterocycles. The highest BCUT2D eigenvalue weighted by Crippen LogP contribution is 2.33. The van der Waals surface area contributed by atoms with Crippen LogP contribution in [-0.2, 0) is 19.1 Å². The normalized spacial score (nSPS) is 13.2. The molecule has 10 nitrogen and oxygen atoms in total. The molecule has 39 heavy (non-hydrogen) atoms. The zero-order valence-corrected chi connectivity index (χ0v) is 24.8. The highest BCUT2D eigenvalue weighted by Gasteiger charge is 2.39. The largest absolute Gasteiger partial charge is 0.507 e. The molecule has 1 rings (SSSR count). The van der Waals surface area contributed by atoms with E-state index in [-0.39, 0.29) is 17.9 Å². The van der Waals surface area contributed by atoms with Crippen LogP contribution in [0.3, 0.4) is 0 Å². The fourth-order valence-corrected chi connectivity index (χ4v) is 4.09. The number of nitrogens with two attached hydrogens (primary N) is 1. The van der Waals surface area contributed by atoms with Crippen LogP contribution in [0.5, 0.6) is 5.75 Å². The first-order valence-corrected chi connectivity index (χ1v) is 13.7. The van der Waals surface area contributed by atoms with Crippen LogP contribution in [0.2, 0.25) is 0 Å². The number of hydrogen-bond donors (Lipinski definition) is 4. The number of benzene rings is 1. The Morgan fingerprint density at radius 3 is 2.18 bits per heavy atom. The molecule has 1 aromatic rings. The maximum atomic E-state index is 14.1. The molecule has 0 heterocycles. The lowest BCUT2D eigenvalue weighted by molar-refractivity contribution is -0.144. The molecule has 0 aliphatic rings. The Kier molecular flexibility index (Phi) is 12.8. The van der Waals surface area contributed by atoms with Crippen molar-refractivity contribution >= 4 is 23.8 Å². The predicted octanol–water partition coefficient (Wildman–Crippen LogP) is 4.22. The molecule has 0 aliphatic carbocycles. The summed E-state index contributed by atoms with van der Waals surface area (Å²) >= 11 is 0. The number of carbonyl (C=O) groups is 4. The van der Waals surface area contributed by atoms with Crippen LogP contribution in [0.1, 0.15) is 104 Å². The number of nitrogens with one attached hydrogen (secondary N) is 2. The highest BCUT2D eigenvalue weighted by molar-refractivity contribution is 5.95. The lowest BCUT2D eigenvalue weighted by Crippen LogP contribution is -2.55. The quantitative estimate of drug-likeness (QED) is 0.271. The summed E-state index contributed by atoms with van der Waals surface area (Å²) < 4.78 is 5.31. The molecule has 0 aliphatic heterocycles. The van der Waals surface area contributed by atoms with E-state index in [1.165, 1.54) is 4.90 Å². The van der Waals surface area contributed by atoms with Crippen LogP contribution in [0, 0.1) is 6.92 Å². The smallest absolute Gasteiger partial charge is 0.408 e. The average Bonchev–Trinajstić information content (AvgIpc) is 2.77. The summed E-state index contributed by atoms with van der Waals surface area (Å²) in [7, 11) is 0. The Hall–Kier alpha value is -3.30. The van der Waals surface area contributed by atoms with Gasteiger partial charge in [-0.25, -0.2) is 4.79 Å². The molecule has 0 aromatic heterocycles. The summed E-state index contributed by atoms with van der Waals surface area (Å²) in [5, 5.41) is 16.3. The molecular weight excluding hydrogens is 500 g/mol. The number of aryl methyl sites for hydroxylation is 1. The number of hydrogen-bond acceptors (Lipinski definition) is 6. The number of rotatable bonds is 13. The maximum Gasteiger partial charge on any atom is 0.408 e. The molecule has 0 bridgehead atoms. The molecule has 5 N–H and O–H groups in total. The van der Waals surface area contributed by atoms with Gasteiger partial charge < -0.3 is 31.1 Å². The predicted molar refractivity (Wildman–Crippen MR) is 151 cm³/mol. The molecule has 10 heteroatoms. The Balaban J connectivity index is 3.60. The number of unbranched alkanes of at least 4 members (excludes halogenated alkanes) is 4. The van der Waals surface area contributed by atoms with E-state index in [1.807, 2.05) is 20.8 Å². The molecule has 0 spiro atoms. The number of ether oxygens (including phenoxy) is 1. The van der Waals surface area contributed by atoms with Gasteiger partial charge in [0.25, 0.3) is 0 Å². The SMILES string of the molecule is CCCCCCCN(C(=O)C(CC(N)=O)NC(=O)OC(C)(C)C)C(C(=O)NC(C)(C)C)c1cccc(C)c1O. The van der Waals surface area contributed by atoms with E-state index < -0.39 is 53.5 Å². The van der Waals surface area contributed by atoms with Crippen molar-refractivity contribution in [2.45, 2.75) is 117 Å². The number of amides is 4. The van der Waals surface area contributed by atoms with E-state index in [9.17, 15) is 24.3 Å². The second kappa shape index (κ2) is 14.7. The number of carbonyl (C=O) groups excluding carboxylic acids is 4. The first-order chi connectivity index (χ1) is 18.0. The molecule has 2 atom stereocenters. The minimum Gasteiger partial charge on any atom is -0.507 e. The standard InChI is InChI=1S/C29H48N4O6/c1-9-10-11-12-13-17-33(26(37)21(18-22(30)34)31-27(38)39-29(6,7)8)23(25(36)32-28(3,4)5)20-16-14-15-19(2)24(20)35/h14-16,21,23,35H,9-13,17-18H2,1-8H3,(H2,30,34)(H,31,38)(H,32,36). The third kappa shape index (κ3) is 12.0. The number of primary amides is 1. The summed E-state index contributed by atoms with van der Waals surface area (Å²) in [6.07, 6.45) is 3.03. The van der Waals surface area contributed by atoms with Gasteiger partial charge in [0.05, 0.1) is 6.42 Å². The van der Waals surface area contributed by atoms with E-state index in [4.69, 9.17) is 10.5 Å². The Morgan fingerprint density at radius 2 is 1.64 bits per heavy atom. The summed E-state index contributed by atoms with van der Waals surface area (Å²) in [6, 6.07) is 2.40. The zero-order valence-electron chi connectivity index (χ0n) is 24.8. The number of alkyl carbamates (subject to hydrolysis) is 1. The number of phenolic OH excluding ortho intramolecular Hbond substituents is 1. The van der Waals surface area contributed by atoms with Crippen molar-refractivity contribution in [3.05, 3.63) is 29.3 Å². The second-order valence-electron chi connectivity index (χ2n) is 12.0. The van der Waals surface area contributed by atoms with Crippen LogP contribution >= 0.6 is 0 Å². The molecule has 2 unspecified atom stereocenters. The third-order valence-electron chi connectivity index (χ3n) is 5.80. The van der Waals surface area contributed by atoms with Gasteiger partial charge in [0.1, 0.15) is 23.4 Å². The van der Waals surface area contributed by atoms with Gasteiger partial charge in [-0.15, -0.1) is 0 Å². The average molecular weight is 549 g/mol. The van der Waals surface area contributed by atoms with Gasteiger partial charge in [-0.3, -0.25) is 14.4 Å². The van der Waals surface area contributed by atoms with E-state index >= 15 is 0 Å². The Morgan fingerprint density at radius 1 is 1.03 bits per heavy atom. The fourth-order valence-electron chi connectivity index (χ4n) is 4.09. The van der Waals surface area contributed by atoms with Crippen LogP contribution in [-0.4, -0.2) is 57.5 Å². The van der Waals surface area contributed by atoms with E-state index in [2.05, 4.69) is 17.6 Å². The van der Waals surface area contributed by atoms with Crippen molar-refractivity contribution in [2.24, 2.45) is 5.73 Å². The summed E-state index contributed by atoms with van der Waals surface area (Å²) in [5.74, 6) is -2.09. The lowest BCUT2D eigenvalue weighted by atomic mass is 9.97. The first kappa shape index (κ1) is 33.7. The van der Waals surface area contributed by atoms with Gasteiger partial charge >= 0.3 is 6.09 Å². The van der Waals surface area contributed by atoms with E-state index in [0.29, 0.717) is 12.0 Å². The van der Waals surface area contributed by atoms with Crippen molar-refractivity contribution in [3.63, 3.8) is 0 Å². The summed E-state index contributed by atoms with van der Waals surface area (Å²) in [6.45, 7) is 14.4. The van der Waals surface area contributed by atoms with Crippen molar-refractivity contribution in [2.75, 3.05) is 6.54 Å². The van der Waals surface area contributed by atoms with Gasteiger partial charge in [0.2, 0.25) is 17.7 Å². The van der Waals surface area contributed by atoms with Crippen LogP contribution in [0.25, 0.3) is 0 Å². The Labute approximate surface area is 233 Å². The monoisotopic (exact) mass is 548 g/mol. The number of para-hydroxylation sites is 1. The molecule has 0 fully saturated rings. The van der Waals surface area contributed by atoms with E-state index in [1.54, 1.807) is 45.9 Å². The van der Waals surface area contributed by atoms with Crippen LogP contribution < -0.4 is 16.4 Å². The minimum atomic E-state index is -1.37. The second-order valence-corrected chi connectivity index (χ2v) is 12.0. The van der Waals surface area contributed by atoms with Crippen LogP contribution in [0.4, 0.5) is 4.79 Å². The summed E-state index contributed by atoms with van der Waals surface area (Å²) in [5.41, 5.74) is 4.75. The van der Waals surface area contributed by atoms with Gasteiger partial charge in [-0.05, 0) is 60.5 Å². The lowest BCUT2D eigenvalue weighted by Gasteiger charge is -2.36.